The molecule has 35 heavy (non-hydrogen) atoms. The second-order valence-corrected chi connectivity index (χ2v) is 6.72. The Morgan fingerprint density at radius 1 is 0.771 bits per heavy atom. The van der Waals surface area contributed by atoms with Crippen LogP contribution in [0, 0.1) is 34.9 Å². The lowest BCUT2D eigenvalue weighted by atomic mass is 10.2. The Bertz CT molecular complexity index is 854. The maximum atomic E-state index is 12.9. The van der Waals surface area contributed by atoms with Crippen LogP contribution in [0.25, 0.3) is 0 Å². The topological polar surface area (TPSA) is 47.9 Å². The molecule has 0 aliphatic carbocycles. The van der Waals surface area contributed by atoms with E-state index in [-0.39, 0.29) is 33.0 Å². The first-order chi connectivity index (χ1) is 15.3. The molecule has 2 aromatic rings. The highest BCUT2D eigenvalue weighted by Gasteiger charge is 2.18. The summed E-state index contributed by atoms with van der Waals surface area (Å²) in [5.41, 5.74) is 0. The highest BCUT2D eigenvalue weighted by atomic mass is 35.5. The SMILES string of the molecule is C.C.C1=COCCC1.Cl.Fc1cc(OC2CCCCO2)cc(F)c1F.Oc1cc(F)c(F)c(F)c1. The Morgan fingerprint density at radius 3 is 1.69 bits per heavy atom. The monoisotopic (exact) mass is 532 g/mol. The third-order valence-corrected chi connectivity index (χ3v) is 4.16. The minimum Gasteiger partial charge on any atom is -0.508 e. The van der Waals surface area contributed by atoms with Crippen LogP contribution in [0.15, 0.2) is 36.6 Å². The van der Waals surface area contributed by atoms with E-state index < -0.39 is 46.9 Å². The second-order valence-electron chi connectivity index (χ2n) is 6.72. The van der Waals surface area contributed by atoms with Gasteiger partial charge in [-0.1, -0.05) is 14.9 Å². The quantitative estimate of drug-likeness (QED) is 0.316. The highest BCUT2D eigenvalue weighted by molar-refractivity contribution is 5.85. The summed E-state index contributed by atoms with van der Waals surface area (Å²) in [5.74, 6) is -9.04. The summed E-state index contributed by atoms with van der Waals surface area (Å²) in [5, 5.41) is 8.47. The van der Waals surface area contributed by atoms with Crippen molar-refractivity contribution in [2.75, 3.05) is 13.2 Å². The number of halogens is 7. The Labute approximate surface area is 207 Å². The van der Waals surface area contributed by atoms with Gasteiger partial charge in [-0.15, -0.1) is 12.4 Å². The lowest BCUT2D eigenvalue weighted by Gasteiger charge is -2.23. The predicted octanol–water partition coefficient (Wildman–Crippen LogP) is 7.82. The van der Waals surface area contributed by atoms with Crippen molar-refractivity contribution >= 4 is 12.4 Å². The fourth-order valence-electron chi connectivity index (χ4n) is 2.59. The standard InChI is InChI=1S/C11H11F3O2.C6H3F3O.C5H8O.2CH4.ClH/c12-8-5-7(6-9(13)11(8)14)16-10-3-1-2-4-15-10;7-4-1-3(10)2-5(8)6(4)9;1-2-4-6-5-3-1;;;/h5-6,10H,1-4H2;1-2,10H;2,4H,1,3,5H2;2*1H4;1H. The number of allylic oxidation sites excluding steroid dienone is 1. The minimum absolute atomic E-state index is 0. The Morgan fingerprint density at radius 2 is 1.31 bits per heavy atom. The van der Waals surface area contributed by atoms with Gasteiger partial charge in [0.15, 0.2) is 41.2 Å². The van der Waals surface area contributed by atoms with Crippen LogP contribution < -0.4 is 4.74 Å². The van der Waals surface area contributed by atoms with Gasteiger partial charge in [-0.25, -0.2) is 26.3 Å². The van der Waals surface area contributed by atoms with Crippen molar-refractivity contribution in [1.82, 2.24) is 0 Å². The van der Waals surface area contributed by atoms with Gasteiger partial charge < -0.3 is 19.3 Å². The average molecular weight is 533 g/mol. The van der Waals surface area contributed by atoms with E-state index in [1.54, 1.807) is 6.26 Å². The maximum absolute atomic E-state index is 12.9. The van der Waals surface area contributed by atoms with Crippen molar-refractivity contribution in [3.63, 3.8) is 0 Å². The van der Waals surface area contributed by atoms with E-state index in [0.717, 1.165) is 31.6 Å². The van der Waals surface area contributed by atoms with E-state index in [4.69, 9.17) is 19.3 Å². The number of phenolic OH excluding ortho intramolecular Hbond substituents is 1. The first kappa shape index (κ1) is 34.6. The van der Waals surface area contributed by atoms with Crippen LogP contribution in [0.1, 0.15) is 47.0 Å². The van der Waals surface area contributed by atoms with Crippen molar-refractivity contribution < 1.29 is 45.7 Å². The van der Waals surface area contributed by atoms with E-state index in [1.807, 2.05) is 6.08 Å². The lowest BCUT2D eigenvalue weighted by Crippen LogP contribution is -2.25. The molecule has 4 rings (SSSR count). The van der Waals surface area contributed by atoms with Gasteiger partial charge in [0.1, 0.15) is 11.5 Å². The molecule has 2 heterocycles. The summed E-state index contributed by atoms with van der Waals surface area (Å²) in [7, 11) is 0. The summed E-state index contributed by atoms with van der Waals surface area (Å²) in [6, 6.07) is 2.63. The number of aromatic hydroxyl groups is 1. The molecule has 0 aromatic heterocycles. The summed E-state index contributed by atoms with van der Waals surface area (Å²) in [4.78, 5) is 0. The van der Waals surface area contributed by atoms with E-state index >= 15 is 0 Å². The molecule has 2 aliphatic rings. The molecule has 1 saturated heterocycles. The number of benzene rings is 2. The highest BCUT2D eigenvalue weighted by Crippen LogP contribution is 2.23. The molecule has 4 nitrogen and oxygen atoms in total. The number of ether oxygens (including phenoxy) is 3. The third-order valence-electron chi connectivity index (χ3n) is 4.16. The third kappa shape index (κ3) is 12.1. The fraction of sp³-hybridized carbons (Fsp3) is 0.417. The smallest absolute Gasteiger partial charge is 0.199 e. The molecule has 0 amide bonds. The summed E-state index contributed by atoms with van der Waals surface area (Å²) >= 11 is 0. The first-order valence-corrected chi connectivity index (χ1v) is 9.81. The number of hydrogen-bond donors (Lipinski definition) is 1. The van der Waals surface area contributed by atoms with Crippen molar-refractivity contribution in [3.05, 3.63) is 71.5 Å². The van der Waals surface area contributed by atoms with Crippen molar-refractivity contribution in [2.24, 2.45) is 0 Å². The van der Waals surface area contributed by atoms with Crippen LogP contribution in [0.2, 0.25) is 0 Å². The van der Waals surface area contributed by atoms with Crippen LogP contribution in [0.5, 0.6) is 11.5 Å². The molecule has 1 N–H and O–H groups in total. The second kappa shape index (κ2) is 17.8. The van der Waals surface area contributed by atoms with Crippen LogP contribution in [-0.2, 0) is 9.47 Å². The zero-order chi connectivity index (χ0) is 23.5. The number of rotatable bonds is 2. The number of hydrogen-bond acceptors (Lipinski definition) is 4. The van der Waals surface area contributed by atoms with Gasteiger partial charge in [0.25, 0.3) is 0 Å². The molecule has 1 unspecified atom stereocenters. The Kier molecular flexibility index (Phi) is 17.6. The van der Waals surface area contributed by atoms with Crippen molar-refractivity contribution in [1.29, 1.82) is 0 Å². The predicted molar refractivity (Wildman–Crippen MR) is 124 cm³/mol. The maximum Gasteiger partial charge on any atom is 0.199 e. The molecule has 11 heteroatoms. The van der Waals surface area contributed by atoms with E-state index in [0.29, 0.717) is 25.2 Å². The minimum atomic E-state index is -1.57. The molecule has 1 atom stereocenters. The molecule has 2 aliphatic heterocycles. The van der Waals surface area contributed by atoms with Crippen LogP contribution in [0.4, 0.5) is 26.3 Å². The lowest BCUT2D eigenvalue weighted by molar-refractivity contribution is -0.106. The first-order valence-electron chi connectivity index (χ1n) is 9.81. The molecule has 0 bridgehead atoms. The molecular formula is C24H31ClF6O4. The van der Waals surface area contributed by atoms with Gasteiger partial charge in [-0.3, -0.25) is 0 Å². The van der Waals surface area contributed by atoms with Crippen LogP contribution in [-0.4, -0.2) is 24.6 Å². The van der Waals surface area contributed by atoms with E-state index in [9.17, 15) is 26.3 Å². The van der Waals surface area contributed by atoms with Crippen LogP contribution in [0.3, 0.4) is 0 Å². The Balaban J connectivity index is 0. The van der Waals surface area contributed by atoms with Gasteiger partial charge in [0, 0.05) is 30.7 Å². The zero-order valence-electron chi connectivity index (χ0n) is 17.3. The number of phenols is 1. The van der Waals surface area contributed by atoms with Gasteiger partial charge >= 0.3 is 0 Å². The van der Waals surface area contributed by atoms with Crippen molar-refractivity contribution in [2.45, 2.75) is 53.2 Å². The molecule has 0 saturated carbocycles. The summed E-state index contributed by atoms with van der Waals surface area (Å²) in [6.45, 7) is 1.48. The fourth-order valence-corrected chi connectivity index (χ4v) is 2.59. The molecular weight excluding hydrogens is 502 g/mol. The molecule has 200 valence electrons. The average Bonchev–Trinajstić information content (AvgIpc) is 2.78. The summed E-state index contributed by atoms with van der Waals surface area (Å²) in [6.07, 6.45) is 8.26. The molecule has 1 fully saturated rings. The van der Waals surface area contributed by atoms with E-state index in [2.05, 4.69) is 0 Å². The zero-order valence-corrected chi connectivity index (χ0v) is 18.2. The Hall–Kier alpha value is -2.59. The normalized spacial score (nSPS) is 15.8. The van der Waals surface area contributed by atoms with Crippen molar-refractivity contribution in [3.8, 4) is 11.5 Å². The molecule has 2 aromatic carbocycles. The van der Waals surface area contributed by atoms with Gasteiger partial charge in [0.05, 0.1) is 19.5 Å². The van der Waals surface area contributed by atoms with Gasteiger partial charge in [0.2, 0.25) is 0 Å². The summed E-state index contributed by atoms with van der Waals surface area (Å²) < 4.78 is 89.9. The largest absolute Gasteiger partial charge is 0.508 e. The molecule has 0 radical (unpaired) electrons. The van der Waals surface area contributed by atoms with E-state index in [1.165, 1.54) is 12.8 Å². The van der Waals surface area contributed by atoms with Gasteiger partial charge in [-0.2, -0.15) is 0 Å². The van der Waals surface area contributed by atoms with Gasteiger partial charge in [-0.05, 0) is 31.8 Å². The molecule has 0 spiro atoms. The van der Waals surface area contributed by atoms with Crippen LogP contribution >= 0.6 is 12.4 Å².